The third-order valence-electron chi connectivity index (χ3n) is 2.64. The second kappa shape index (κ2) is 5.73. The van der Waals surface area contributed by atoms with Crippen LogP contribution in [0.25, 0.3) is 0 Å². The molecule has 0 fully saturated rings. The molecule has 104 valence electrons. The van der Waals surface area contributed by atoms with Gasteiger partial charge in [0.15, 0.2) is 0 Å². The van der Waals surface area contributed by atoms with Crippen molar-refractivity contribution in [1.82, 2.24) is 10.4 Å². The Hall–Kier alpha value is -2.04. The molecule has 1 aromatic rings. The lowest BCUT2D eigenvalue weighted by atomic mass is 10.0. The standard InChI is InChI=1S/C14H20N2O3/c1-10-8-6-7-9-11(10)12(17)16(14(2,3)4)15-13(18)19-5/h6-9H,1-5H3,(H,15,18). The van der Waals surface area contributed by atoms with E-state index in [1.807, 2.05) is 39.8 Å². The molecule has 0 heterocycles. The fourth-order valence-corrected chi connectivity index (χ4v) is 1.59. The van der Waals surface area contributed by atoms with Gasteiger partial charge in [0, 0.05) is 5.56 Å². The van der Waals surface area contributed by atoms with Gasteiger partial charge in [0.2, 0.25) is 0 Å². The molecule has 0 aromatic heterocycles. The average Bonchev–Trinajstić information content (AvgIpc) is 2.34. The Morgan fingerprint density at radius 1 is 1.21 bits per heavy atom. The number of benzene rings is 1. The number of amides is 2. The van der Waals surface area contributed by atoms with Crippen LogP contribution < -0.4 is 5.43 Å². The molecule has 5 heteroatoms. The zero-order valence-corrected chi connectivity index (χ0v) is 12.0. The van der Waals surface area contributed by atoms with Crippen LogP contribution in [0.4, 0.5) is 4.79 Å². The molecular weight excluding hydrogens is 244 g/mol. The molecule has 19 heavy (non-hydrogen) atoms. The van der Waals surface area contributed by atoms with Gasteiger partial charge >= 0.3 is 6.09 Å². The van der Waals surface area contributed by atoms with Gasteiger partial charge in [-0.3, -0.25) is 4.79 Å². The molecule has 0 bridgehead atoms. The Morgan fingerprint density at radius 3 is 2.26 bits per heavy atom. The smallest absolute Gasteiger partial charge is 0.425 e. The van der Waals surface area contributed by atoms with Crippen LogP contribution in [0.15, 0.2) is 24.3 Å². The Balaban J connectivity index is 3.09. The van der Waals surface area contributed by atoms with Gasteiger partial charge in [-0.05, 0) is 39.3 Å². The molecule has 0 atom stereocenters. The largest absolute Gasteiger partial charge is 0.452 e. The third kappa shape index (κ3) is 3.71. The maximum atomic E-state index is 12.5. The van der Waals surface area contributed by atoms with Crippen molar-refractivity contribution in [3.63, 3.8) is 0 Å². The molecule has 1 rings (SSSR count). The van der Waals surface area contributed by atoms with Crippen LogP contribution in [0, 0.1) is 6.92 Å². The summed E-state index contributed by atoms with van der Waals surface area (Å²) < 4.78 is 4.55. The number of carbonyl (C=O) groups is 2. The molecule has 0 aliphatic heterocycles. The topological polar surface area (TPSA) is 58.6 Å². The summed E-state index contributed by atoms with van der Waals surface area (Å²) in [6.45, 7) is 7.35. The highest BCUT2D eigenvalue weighted by Crippen LogP contribution is 2.17. The molecule has 0 aliphatic carbocycles. The molecule has 0 radical (unpaired) electrons. The molecule has 0 spiro atoms. The molecule has 0 unspecified atom stereocenters. The van der Waals surface area contributed by atoms with Gasteiger partial charge in [0.25, 0.3) is 5.91 Å². The Labute approximate surface area is 113 Å². The lowest BCUT2D eigenvalue weighted by molar-refractivity contribution is 0.0379. The maximum absolute atomic E-state index is 12.5. The monoisotopic (exact) mass is 264 g/mol. The van der Waals surface area contributed by atoms with E-state index >= 15 is 0 Å². The first-order chi connectivity index (χ1) is 8.77. The quantitative estimate of drug-likeness (QED) is 0.793. The second-order valence-corrected chi connectivity index (χ2v) is 5.23. The van der Waals surface area contributed by atoms with E-state index in [0.29, 0.717) is 5.56 Å². The first-order valence-corrected chi connectivity index (χ1v) is 6.02. The summed E-state index contributed by atoms with van der Waals surface area (Å²) in [4.78, 5) is 23.9. The number of aryl methyl sites for hydroxylation is 1. The molecule has 0 saturated heterocycles. The fourth-order valence-electron chi connectivity index (χ4n) is 1.59. The van der Waals surface area contributed by atoms with Gasteiger partial charge in [-0.1, -0.05) is 18.2 Å². The van der Waals surface area contributed by atoms with Gasteiger partial charge < -0.3 is 4.74 Å². The van der Waals surface area contributed by atoms with Crippen LogP contribution in [0.2, 0.25) is 0 Å². The summed E-state index contributed by atoms with van der Waals surface area (Å²) >= 11 is 0. The van der Waals surface area contributed by atoms with Crippen molar-refractivity contribution in [1.29, 1.82) is 0 Å². The first-order valence-electron chi connectivity index (χ1n) is 6.02. The minimum atomic E-state index is -0.670. The number of ether oxygens (including phenoxy) is 1. The van der Waals surface area contributed by atoms with E-state index in [9.17, 15) is 9.59 Å². The molecule has 1 aromatic carbocycles. The van der Waals surface area contributed by atoms with Gasteiger partial charge in [-0.15, -0.1) is 0 Å². The van der Waals surface area contributed by atoms with Crippen LogP contribution >= 0.6 is 0 Å². The van der Waals surface area contributed by atoms with E-state index in [0.717, 1.165) is 5.56 Å². The van der Waals surface area contributed by atoms with Crippen LogP contribution in [0.3, 0.4) is 0 Å². The maximum Gasteiger partial charge on any atom is 0.425 e. The van der Waals surface area contributed by atoms with E-state index < -0.39 is 11.6 Å². The molecule has 1 N–H and O–H groups in total. The van der Waals surface area contributed by atoms with Crippen LogP contribution in [0.1, 0.15) is 36.7 Å². The highest BCUT2D eigenvalue weighted by Gasteiger charge is 2.30. The highest BCUT2D eigenvalue weighted by atomic mass is 16.5. The summed E-state index contributed by atoms with van der Waals surface area (Å²) in [6, 6.07) is 7.24. The zero-order valence-electron chi connectivity index (χ0n) is 12.0. The highest BCUT2D eigenvalue weighted by molar-refractivity contribution is 5.96. The predicted octanol–water partition coefficient (Wildman–Crippen LogP) is 2.51. The van der Waals surface area contributed by atoms with Gasteiger partial charge in [-0.2, -0.15) is 0 Å². The van der Waals surface area contributed by atoms with Crippen LogP contribution in [-0.2, 0) is 4.74 Å². The number of nitrogens with one attached hydrogen (secondary N) is 1. The first kappa shape index (κ1) is 15.0. The summed E-state index contributed by atoms with van der Waals surface area (Å²) in [6.07, 6.45) is -0.670. The summed E-state index contributed by atoms with van der Waals surface area (Å²) in [7, 11) is 1.26. The number of hydrazine groups is 1. The van der Waals surface area contributed by atoms with E-state index in [4.69, 9.17) is 0 Å². The number of hydrogen-bond acceptors (Lipinski definition) is 3. The molecule has 2 amide bonds. The van der Waals surface area contributed by atoms with Gasteiger partial charge in [0.05, 0.1) is 12.6 Å². The van der Waals surface area contributed by atoms with Crippen molar-refractivity contribution in [2.45, 2.75) is 33.2 Å². The lowest BCUT2D eigenvalue weighted by Gasteiger charge is -2.35. The fraction of sp³-hybridized carbons (Fsp3) is 0.429. The lowest BCUT2D eigenvalue weighted by Crippen LogP contribution is -2.56. The van der Waals surface area contributed by atoms with Gasteiger partial charge in [-0.25, -0.2) is 15.2 Å². The summed E-state index contributed by atoms with van der Waals surface area (Å²) in [5.41, 5.74) is 3.30. The third-order valence-corrected chi connectivity index (χ3v) is 2.64. The number of hydrogen-bond donors (Lipinski definition) is 1. The van der Waals surface area contributed by atoms with Crippen molar-refractivity contribution in [3.05, 3.63) is 35.4 Å². The average molecular weight is 264 g/mol. The van der Waals surface area contributed by atoms with Gasteiger partial charge in [0.1, 0.15) is 0 Å². The molecule has 5 nitrogen and oxygen atoms in total. The summed E-state index contributed by atoms with van der Waals surface area (Å²) in [5.74, 6) is -0.268. The van der Waals surface area contributed by atoms with Crippen molar-refractivity contribution in [3.8, 4) is 0 Å². The van der Waals surface area contributed by atoms with Crippen LogP contribution in [-0.4, -0.2) is 29.7 Å². The van der Waals surface area contributed by atoms with Crippen molar-refractivity contribution in [2.75, 3.05) is 7.11 Å². The number of carbonyl (C=O) groups excluding carboxylic acids is 2. The molecule has 0 saturated carbocycles. The normalized spacial score (nSPS) is 10.8. The molecular formula is C14H20N2O3. The second-order valence-electron chi connectivity index (χ2n) is 5.23. The van der Waals surface area contributed by atoms with E-state index in [-0.39, 0.29) is 5.91 Å². The van der Waals surface area contributed by atoms with E-state index in [2.05, 4.69) is 10.2 Å². The predicted molar refractivity (Wildman–Crippen MR) is 72.6 cm³/mol. The van der Waals surface area contributed by atoms with Crippen molar-refractivity contribution < 1.29 is 14.3 Å². The number of methoxy groups -OCH3 is 1. The SMILES string of the molecule is COC(=O)NN(C(=O)c1ccccc1C)C(C)(C)C. The van der Waals surface area contributed by atoms with Crippen molar-refractivity contribution >= 4 is 12.0 Å². The minimum Gasteiger partial charge on any atom is -0.452 e. The van der Waals surface area contributed by atoms with Crippen molar-refractivity contribution in [2.24, 2.45) is 0 Å². The zero-order chi connectivity index (χ0) is 14.6. The number of nitrogens with zero attached hydrogens (tertiary/aromatic N) is 1. The van der Waals surface area contributed by atoms with E-state index in [1.54, 1.807) is 12.1 Å². The summed E-state index contributed by atoms with van der Waals surface area (Å²) in [5, 5.41) is 1.28. The Kier molecular flexibility index (Phi) is 4.53. The Morgan fingerprint density at radius 2 is 1.79 bits per heavy atom. The molecule has 0 aliphatic rings. The Bertz CT molecular complexity index is 478. The number of rotatable bonds is 1. The minimum absolute atomic E-state index is 0.268. The van der Waals surface area contributed by atoms with Crippen LogP contribution in [0.5, 0.6) is 0 Å². The van der Waals surface area contributed by atoms with E-state index in [1.165, 1.54) is 12.1 Å².